The molecule has 0 aliphatic rings. The number of pyridine rings is 1. The zero-order valence-corrected chi connectivity index (χ0v) is 17.4. The van der Waals surface area contributed by atoms with Gasteiger partial charge in [-0.1, -0.05) is 0 Å². The molecule has 3 rings (SSSR count). The lowest BCUT2D eigenvalue weighted by atomic mass is 10.1. The Bertz CT molecular complexity index is 1260. The van der Waals surface area contributed by atoms with Crippen molar-refractivity contribution in [1.29, 1.82) is 0 Å². The molecule has 0 spiro atoms. The minimum atomic E-state index is -5.15. The van der Waals surface area contributed by atoms with E-state index in [2.05, 4.69) is 15.0 Å². The van der Waals surface area contributed by atoms with Crippen LogP contribution < -0.4 is 14.8 Å². The Balaban J connectivity index is 1.98. The molecule has 0 aliphatic carbocycles. The van der Waals surface area contributed by atoms with Crippen molar-refractivity contribution in [2.75, 3.05) is 5.32 Å². The van der Waals surface area contributed by atoms with E-state index in [-0.39, 0.29) is 17.1 Å². The summed E-state index contributed by atoms with van der Waals surface area (Å²) < 4.78 is 100. The second-order valence-electron chi connectivity index (χ2n) is 6.86. The van der Waals surface area contributed by atoms with Gasteiger partial charge in [0.05, 0.1) is 5.56 Å². The summed E-state index contributed by atoms with van der Waals surface area (Å²) in [4.78, 5) is 28.0. The first-order valence-electron chi connectivity index (χ1n) is 9.46. The third kappa shape index (κ3) is 6.46. The Labute approximate surface area is 192 Å². The highest BCUT2D eigenvalue weighted by atomic mass is 19.4. The lowest BCUT2D eigenvalue weighted by molar-refractivity contribution is -0.274. The van der Waals surface area contributed by atoms with E-state index in [4.69, 9.17) is 4.74 Å². The third-order valence-corrected chi connectivity index (χ3v) is 4.30. The van der Waals surface area contributed by atoms with Crippen LogP contribution in [0.4, 0.5) is 36.4 Å². The van der Waals surface area contributed by atoms with Gasteiger partial charge in [-0.2, -0.15) is 13.2 Å². The van der Waals surface area contributed by atoms with Gasteiger partial charge < -0.3 is 14.8 Å². The monoisotopic (exact) mass is 502 g/mol. The van der Waals surface area contributed by atoms with Crippen molar-refractivity contribution in [2.24, 2.45) is 0 Å². The van der Waals surface area contributed by atoms with Gasteiger partial charge in [-0.25, -0.2) is 4.39 Å². The highest BCUT2D eigenvalue weighted by molar-refractivity contribution is 6.07. The summed E-state index contributed by atoms with van der Waals surface area (Å²) >= 11 is 0. The van der Waals surface area contributed by atoms with Crippen LogP contribution in [0.1, 0.15) is 33.3 Å². The Morgan fingerprint density at radius 1 is 0.914 bits per heavy atom. The summed E-state index contributed by atoms with van der Waals surface area (Å²) in [5, 5.41) is 2.17. The second-order valence-corrected chi connectivity index (χ2v) is 6.86. The normalized spacial score (nSPS) is 11.7. The van der Waals surface area contributed by atoms with Crippen molar-refractivity contribution >= 4 is 17.4 Å². The molecule has 0 fully saturated rings. The van der Waals surface area contributed by atoms with Gasteiger partial charge in [-0.05, 0) is 48.5 Å². The third-order valence-electron chi connectivity index (χ3n) is 4.30. The molecule has 0 atom stereocenters. The van der Waals surface area contributed by atoms with Crippen LogP contribution in [0.3, 0.4) is 0 Å². The molecule has 6 nitrogen and oxygen atoms in total. The smallest absolute Gasteiger partial charge is 0.456 e. The molecule has 0 bridgehead atoms. The van der Waals surface area contributed by atoms with Crippen molar-refractivity contribution in [3.8, 4) is 17.2 Å². The van der Waals surface area contributed by atoms with Crippen molar-refractivity contribution in [3.63, 3.8) is 0 Å². The first kappa shape index (κ1) is 25.5. The number of carbonyl (C=O) groups excluding carboxylic acids is 2. The highest BCUT2D eigenvalue weighted by Crippen LogP contribution is 2.38. The Morgan fingerprint density at radius 3 is 2.11 bits per heavy atom. The zero-order valence-electron chi connectivity index (χ0n) is 17.4. The van der Waals surface area contributed by atoms with Crippen LogP contribution in [0, 0.1) is 5.82 Å². The number of carbonyl (C=O) groups is 2. The number of aromatic nitrogens is 1. The standard InChI is InChI=1S/C22H13F7N2O4/c1-11(32)16-10-12(8-9-30-16)31-20(33)18-17(7-6-15(19(18)23)21(24,25)26)34-13-2-4-14(5-3-13)35-22(27,28)29/h2-10H,1H3,(H,30,31,33). The predicted molar refractivity (Wildman–Crippen MR) is 107 cm³/mol. The SMILES string of the molecule is CC(=O)c1cc(NC(=O)c2c(Oc3ccc(OC(F)(F)F)cc3)ccc(C(F)(F)F)c2F)ccn1. The number of nitrogens with one attached hydrogen (secondary N) is 1. The summed E-state index contributed by atoms with van der Waals surface area (Å²) in [5.41, 5.74) is -3.00. The quantitative estimate of drug-likeness (QED) is 0.313. The maximum atomic E-state index is 14.9. The van der Waals surface area contributed by atoms with Crippen LogP contribution in [-0.4, -0.2) is 23.0 Å². The van der Waals surface area contributed by atoms with Crippen molar-refractivity contribution in [3.05, 3.63) is 77.4 Å². The second kappa shape index (κ2) is 9.60. The lowest BCUT2D eigenvalue weighted by Crippen LogP contribution is -2.19. The number of nitrogens with zero attached hydrogens (tertiary/aromatic N) is 1. The van der Waals surface area contributed by atoms with Crippen LogP contribution >= 0.6 is 0 Å². The molecular formula is C22H13F7N2O4. The molecule has 0 saturated heterocycles. The summed E-state index contributed by atoms with van der Waals surface area (Å²) in [5.74, 6) is -5.24. The molecule has 3 aromatic rings. The fraction of sp³-hybridized carbons (Fsp3) is 0.136. The first-order valence-corrected chi connectivity index (χ1v) is 9.46. The molecule has 35 heavy (non-hydrogen) atoms. The van der Waals surface area contributed by atoms with E-state index >= 15 is 0 Å². The predicted octanol–water partition coefficient (Wildman–Crippen LogP) is 6.39. The molecule has 0 radical (unpaired) electrons. The van der Waals surface area contributed by atoms with Crippen LogP contribution in [-0.2, 0) is 6.18 Å². The number of ether oxygens (including phenoxy) is 2. The molecule has 1 aromatic heterocycles. The van der Waals surface area contributed by atoms with Gasteiger partial charge in [-0.15, -0.1) is 13.2 Å². The number of anilines is 1. The lowest BCUT2D eigenvalue weighted by Gasteiger charge is -2.16. The van der Waals surface area contributed by atoms with Crippen molar-refractivity contribution in [2.45, 2.75) is 19.5 Å². The van der Waals surface area contributed by atoms with Gasteiger partial charge in [-0.3, -0.25) is 14.6 Å². The summed E-state index contributed by atoms with van der Waals surface area (Å²) in [6.07, 6.45) is -8.96. The van der Waals surface area contributed by atoms with Gasteiger partial charge in [0.15, 0.2) is 11.6 Å². The van der Waals surface area contributed by atoms with Gasteiger partial charge in [0.2, 0.25) is 0 Å². The number of hydrogen-bond donors (Lipinski definition) is 1. The molecule has 184 valence electrons. The van der Waals surface area contributed by atoms with Gasteiger partial charge in [0.1, 0.15) is 28.5 Å². The average molecular weight is 502 g/mol. The number of Topliss-reactive ketones (excluding diaryl/α,β-unsaturated/α-hetero) is 1. The van der Waals surface area contributed by atoms with Crippen LogP contribution in [0.25, 0.3) is 0 Å². The van der Waals surface area contributed by atoms with Crippen LogP contribution in [0.5, 0.6) is 17.2 Å². The minimum absolute atomic E-state index is 0.0633. The summed E-state index contributed by atoms with van der Waals surface area (Å²) in [7, 11) is 0. The van der Waals surface area contributed by atoms with E-state index in [0.29, 0.717) is 12.1 Å². The van der Waals surface area contributed by atoms with E-state index in [0.717, 1.165) is 36.5 Å². The number of rotatable bonds is 6. The first-order chi connectivity index (χ1) is 16.2. The summed E-state index contributed by atoms with van der Waals surface area (Å²) in [6.45, 7) is 1.19. The van der Waals surface area contributed by atoms with E-state index < -0.39 is 52.7 Å². The molecule has 1 N–H and O–H groups in total. The van der Waals surface area contributed by atoms with Crippen LogP contribution in [0.2, 0.25) is 0 Å². The molecule has 1 heterocycles. The maximum Gasteiger partial charge on any atom is 0.573 e. The Kier molecular flexibility index (Phi) is 6.99. The fourth-order valence-corrected chi connectivity index (χ4v) is 2.80. The number of halogens is 7. The number of ketones is 1. The molecule has 2 aromatic carbocycles. The van der Waals surface area contributed by atoms with E-state index in [1.165, 1.54) is 13.0 Å². The molecule has 0 unspecified atom stereocenters. The zero-order chi connectivity index (χ0) is 26.0. The Hall–Kier alpha value is -4.16. The van der Waals surface area contributed by atoms with E-state index in [1.54, 1.807) is 0 Å². The molecule has 0 saturated carbocycles. The number of alkyl halides is 6. The minimum Gasteiger partial charge on any atom is -0.456 e. The number of amides is 1. The highest BCUT2D eigenvalue weighted by Gasteiger charge is 2.37. The maximum absolute atomic E-state index is 14.9. The molecule has 1 amide bonds. The fourth-order valence-electron chi connectivity index (χ4n) is 2.80. The van der Waals surface area contributed by atoms with Crippen LogP contribution in [0.15, 0.2) is 54.7 Å². The average Bonchev–Trinajstić information content (AvgIpc) is 2.73. The van der Waals surface area contributed by atoms with Gasteiger partial charge in [0.25, 0.3) is 5.91 Å². The van der Waals surface area contributed by atoms with E-state index in [9.17, 15) is 40.3 Å². The Morgan fingerprint density at radius 2 is 1.54 bits per heavy atom. The topological polar surface area (TPSA) is 77.5 Å². The van der Waals surface area contributed by atoms with Gasteiger partial charge >= 0.3 is 12.5 Å². The van der Waals surface area contributed by atoms with Crippen molar-refractivity contribution < 1.29 is 49.8 Å². The number of hydrogen-bond acceptors (Lipinski definition) is 5. The largest absolute Gasteiger partial charge is 0.573 e. The number of benzene rings is 2. The summed E-state index contributed by atoms with van der Waals surface area (Å²) in [6, 6.07) is 7.03. The van der Waals surface area contributed by atoms with Crippen molar-refractivity contribution in [1.82, 2.24) is 4.98 Å². The molecule has 0 aliphatic heterocycles. The molecule has 13 heteroatoms. The van der Waals surface area contributed by atoms with Gasteiger partial charge in [0, 0.05) is 18.8 Å². The van der Waals surface area contributed by atoms with E-state index in [1.807, 2.05) is 0 Å². The molecular weight excluding hydrogens is 489 g/mol.